The van der Waals surface area contributed by atoms with Crippen LogP contribution in [-0.2, 0) is 10.8 Å². The SMILES string of the molecule is CC(CCS(C)=O)NC(=O)c1ccc(C#CCO)cn1. The summed E-state index contributed by atoms with van der Waals surface area (Å²) in [5.74, 6) is 5.51. The second-order valence-corrected chi connectivity index (χ2v) is 5.89. The topological polar surface area (TPSA) is 79.3 Å². The third-order valence-electron chi connectivity index (χ3n) is 2.52. The van der Waals surface area contributed by atoms with Crippen molar-refractivity contribution < 1.29 is 14.1 Å². The Morgan fingerprint density at radius 2 is 2.30 bits per heavy atom. The Morgan fingerprint density at radius 1 is 1.55 bits per heavy atom. The molecule has 2 unspecified atom stereocenters. The van der Waals surface area contributed by atoms with Crippen LogP contribution in [0.15, 0.2) is 18.3 Å². The quantitative estimate of drug-likeness (QED) is 0.766. The summed E-state index contributed by atoms with van der Waals surface area (Å²) < 4.78 is 11.0. The fourth-order valence-electron chi connectivity index (χ4n) is 1.46. The molecule has 1 amide bonds. The van der Waals surface area contributed by atoms with Gasteiger partial charge in [0.25, 0.3) is 5.91 Å². The zero-order chi connectivity index (χ0) is 15.0. The maximum atomic E-state index is 11.9. The number of nitrogens with one attached hydrogen (secondary N) is 1. The number of aromatic nitrogens is 1. The molecule has 1 heterocycles. The number of hydrogen-bond donors (Lipinski definition) is 2. The number of pyridine rings is 1. The summed E-state index contributed by atoms with van der Waals surface area (Å²) in [7, 11) is -0.855. The summed E-state index contributed by atoms with van der Waals surface area (Å²) in [5, 5.41) is 11.4. The van der Waals surface area contributed by atoms with E-state index in [4.69, 9.17) is 5.11 Å². The van der Waals surface area contributed by atoms with Gasteiger partial charge in [0.1, 0.15) is 12.3 Å². The molecule has 5 nitrogen and oxygen atoms in total. The van der Waals surface area contributed by atoms with E-state index < -0.39 is 10.8 Å². The molecular formula is C14H18N2O3S. The monoisotopic (exact) mass is 294 g/mol. The van der Waals surface area contributed by atoms with E-state index in [9.17, 15) is 9.00 Å². The van der Waals surface area contributed by atoms with Crippen molar-refractivity contribution in [3.8, 4) is 11.8 Å². The molecule has 0 saturated carbocycles. The number of carbonyl (C=O) groups is 1. The Balaban J connectivity index is 2.57. The number of rotatable bonds is 5. The first kappa shape index (κ1) is 16.3. The minimum Gasteiger partial charge on any atom is -0.384 e. The lowest BCUT2D eigenvalue weighted by atomic mass is 10.2. The van der Waals surface area contributed by atoms with Crippen LogP contribution >= 0.6 is 0 Å². The summed E-state index contributed by atoms with van der Waals surface area (Å²) in [5.41, 5.74) is 0.953. The number of aliphatic hydroxyl groups excluding tert-OH is 1. The summed E-state index contributed by atoms with van der Waals surface area (Å²) in [6.07, 6.45) is 3.79. The molecule has 108 valence electrons. The van der Waals surface area contributed by atoms with Gasteiger partial charge in [-0.05, 0) is 25.5 Å². The van der Waals surface area contributed by atoms with Gasteiger partial charge in [-0.2, -0.15) is 0 Å². The van der Waals surface area contributed by atoms with Gasteiger partial charge in [-0.15, -0.1) is 0 Å². The Hall–Kier alpha value is -1.71. The lowest BCUT2D eigenvalue weighted by molar-refractivity contribution is 0.0934. The van der Waals surface area contributed by atoms with E-state index in [2.05, 4.69) is 22.1 Å². The van der Waals surface area contributed by atoms with Gasteiger partial charge in [0.05, 0.1) is 0 Å². The molecule has 0 fully saturated rings. The highest BCUT2D eigenvalue weighted by molar-refractivity contribution is 7.84. The van der Waals surface area contributed by atoms with Crippen molar-refractivity contribution in [1.29, 1.82) is 0 Å². The molecule has 1 aromatic rings. The Bertz CT molecular complexity index is 532. The van der Waals surface area contributed by atoms with Crippen molar-refractivity contribution in [3.63, 3.8) is 0 Å². The van der Waals surface area contributed by atoms with Crippen LogP contribution in [0.3, 0.4) is 0 Å². The smallest absolute Gasteiger partial charge is 0.270 e. The van der Waals surface area contributed by atoms with Gasteiger partial charge in [-0.1, -0.05) is 11.8 Å². The Labute approximate surface area is 121 Å². The molecule has 0 radical (unpaired) electrons. The molecule has 6 heteroatoms. The normalized spacial score (nSPS) is 12.9. The molecule has 2 atom stereocenters. The van der Waals surface area contributed by atoms with Gasteiger partial charge < -0.3 is 10.4 Å². The van der Waals surface area contributed by atoms with Gasteiger partial charge in [-0.3, -0.25) is 9.00 Å². The number of carbonyl (C=O) groups excluding carboxylic acids is 1. The van der Waals surface area contributed by atoms with Crippen LogP contribution < -0.4 is 5.32 Å². The van der Waals surface area contributed by atoms with Crippen LogP contribution in [-0.4, -0.2) is 44.9 Å². The minimum absolute atomic E-state index is 0.0537. The van der Waals surface area contributed by atoms with Crippen molar-refractivity contribution in [2.24, 2.45) is 0 Å². The highest BCUT2D eigenvalue weighted by Crippen LogP contribution is 2.01. The highest BCUT2D eigenvalue weighted by Gasteiger charge is 2.11. The molecule has 1 aromatic heterocycles. The predicted molar refractivity (Wildman–Crippen MR) is 78.7 cm³/mol. The molecule has 0 bridgehead atoms. The first-order valence-electron chi connectivity index (χ1n) is 6.19. The lowest BCUT2D eigenvalue weighted by Crippen LogP contribution is -2.34. The fourth-order valence-corrected chi connectivity index (χ4v) is 2.14. The van der Waals surface area contributed by atoms with Crippen molar-refractivity contribution in [1.82, 2.24) is 10.3 Å². The van der Waals surface area contributed by atoms with Gasteiger partial charge in [0.2, 0.25) is 0 Å². The second kappa shape index (κ2) is 8.46. The largest absolute Gasteiger partial charge is 0.384 e. The molecule has 0 aliphatic carbocycles. The van der Waals surface area contributed by atoms with E-state index in [1.165, 1.54) is 6.20 Å². The maximum Gasteiger partial charge on any atom is 0.270 e. The van der Waals surface area contributed by atoms with Crippen LogP contribution in [0.1, 0.15) is 29.4 Å². The van der Waals surface area contributed by atoms with Crippen LogP contribution in [0, 0.1) is 11.8 Å². The van der Waals surface area contributed by atoms with E-state index in [-0.39, 0.29) is 18.6 Å². The van der Waals surface area contributed by atoms with E-state index in [1.54, 1.807) is 18.4 Å². The summed E-state index contributed by atoms with van der Waals surface area (Å²) in [6.45, 7) is 1.66. The third kappa shape index (κ3) is 5.95. The number of hydrogen-bond acceptors (Lipinski definition) is 4. The molecule has 0 aliphatic heterocycles. The highest BCUT2D eigenvalue weighted by atomic mass is 32.2. The zero-order valence-corrected chi connectivity index (χ0v) is 12.4. The zero-order valence-electron chi connectivity index (χ0n) is 11.5. The van der Waals surface area contributed by atoms with Crippen LogP contribution in [0.5, 0.6) is 0 Å². The fraction of sp³-hybridized carbons (Fsp3) is 0.429. The van der Waals surface area contributed by atoms with Gasteiger partial charge in [0.15, 0.2) is 0 Å². The van der Waals surface area contributed by atoms with Crippen LogP contribution in [0.4, 0.5) is 0 Å². The number of nitrogens with zero attached hydrogens (tertiary/aromatic N) is 1. The van der Waals surface area contributed by atoms with E-state index in [0.29, 0.717) is 23.4 Å². The molecule has 0 spiro atoms. The number of aliphatic hydroxyl groups is 1. The molecule has 0 aromatic carbocycles. The third-order valence-corrected chi connectivity index (χ3v) is 3.33. The minimum atomic E-state index is -0.855. The Morgan fingerprint density at radius 3 is 2.85 bits per heavy atom. The van der Waals surface area contributed by atoms with Crippen LogP contribution in [0.25, 0.3) is 0 Å². The van der Waals surface area contributed by atoms with E-state index in [0.717, 1.165) is 0 Å². The number of amides is 1. The average molecular weight is 294 g/mol. The lowest BCUT2D eigenvalue weighted by Gasteiger charge is -2.12. The van der Waals surface area contributed by atoms with Crippen LogP contribution in [0.2, 0.25) is 0 Å². The van der Waals surface area contributed by atoms with E-state index >= 15 is 0 Å². The molecule has 1 rings (SSSR count). The average Bonchev–Trinajstić information content (AvgIpc) is 2.43. The molecule has 2 N–H and O–H groups in total. The van der Waals surface area contributed by atoms with Crippen molar-refractivity contribution >= 4 is 16.7 Å². The standard InChI is InChI=1S/C14H18N2O3S/c1-11(7-9-20(2)19)16-14(18)13-6-5-12(10-15-13)4-3-8-17/h5-6,10-11,17H,7-9H2,1-2H3,(H,16,18). The predicted octanol–water partition coefficient (Wildman–Crippen LogP) is 0.312. The second-order valence-electron chi connectivity index (χ2n) is 4.33. The van der Waals surface area contributed by atoms with E-state index in [1.807, 2.05) is 6.92 Å². The summed E-state index contributed by atoms with van der Waals surface area (Å²) >= 11 is 0. The van der Waals surface area contributed by atoms with Crippen molar-refractivity contribution in [2.45, 2.75) is 19.4 Å². The maximum absolute atomic E-state index is 11.9. The summed E-state index contributed by atoms with van der Waals surface area (Å²) in [6, 6.07) is 3.21. The molecular weight excluding hydrogens is 276 g/mol. The first-order valence-corrected chi connectivity index (χ1v) is 7.92. The molecule has 0 aliphatic rings. The Kier molecular flexibility index (Phi) is 6.91. The van der Waals surface area contributed by atoms with Crippen molar-refractivity contribution in [2.75, 3.05) is 18.6 Å². The van der Waals surface area contributed by atoms with Crippen molar-refractivity contribution in [3.05, 3.63) is 29.6 Å². The molecule has 20 heavy (non-hydrogen) atoms. The van der Waals surface area contributed by atoms with Gasteiger partial charge >= 0.3 is 0 Å². The van der Waals surface area contributed by atoms with Gasteiger partial charge in [-0.25, -0.2) is 4.98 Å². The first-order chi connectivity index (χ1) is 9.52. The molecule has 0 saturated heterocycles. The summed E-state index contributed by atoms with van der Waals surface area (Å²) in [4.78, 5) is 15.9. The van der Waals surface area contributed by atoms with Gasteiger partial charge in [0, 0.05) is 40.6 Å².